The van der Waals surface area contributed by atoms with Crippen molar-refractivity contribution in [3.05, 3.63) is 53.8 Å². The molecule has 0 atom stereocenters. The first-order chi connectivity index (χ1) is 14.2. The molecule has 1 fully saturated rings. The number of nitrogens with zero attached hydrogens (tertiary/aromatic N) is 1. The van der Waals surface area contributed by atoms with Crippen LogP contribution in [0.25, 0.3) is 0 Å². The largest absolute Gasteiger partial charge is 0.495 e. The van der Waals surface area contributed by atoms with E-state index in [4.69, 9.17) is 9.47 Å². The van der Waals surface area contributed by atoms with E-state index >= 15 is 0 Å². The summed E-state index contributed by atoms with van der Waals surface area (Å²) in [5, 5.41) is 0. The average Bonchev–Trinajstić information content (AvgIpc) is 2.74. The normalized spacial score (nSPS) is 15.8. The van der Waals surface area contributed by atoms with Gasteiger partial charge in [0.25, 0.3) is 0 Å². The maximum Gasteiger partial charge on any atom is 0.244 e. The van der Waals surface area contributed by atoms with Crippen molar-refractivity contribution >= 4 is 20.0 Å². The van der Waals surface area contributed by atoms with Gasteiger partial charge in [-0.2, -0.15) is 4.31 Å². The van der Waals surface area contributed by atoms with Gasteiger partial charge in [-0.05, 0) is 42.3 Å². The molecule has 1 heterocycles. The Balaban J connectivity index is 1.63. The van der Waals surface area contributed by atoms with Gasteiger partial charge in [-0.25, -0.2) is 25.9 Å². The monoisotopic (exact) mass is 458 g/mol. The van der Waals surface area contributed by atoms with Gasteiger partial charge in [0.2, 0.25) is 20.0 Å². The Morgan fingerprint density at radius 3 is 2.37 bits per heavy atom. The van der Waals surface area contributed by atoms with Crippen LogP contribution in [0.1, 0.15) is 5.56 Å². The number of rotatable bonds is 8. The molecule has 0 spiro atoms. The van der Waals surface area contributed by atoms with Crippen molar-refractivity contribution in [1.82, 2.24) is 9.03 Å². The fourth-order valence-electron chi connectivity index (χ4n) is 3.03. The summed E-state index contributed by atoms with van der Waals surface area (Å²) >= 11 is 0. The van der Waals surface area contributed by atoms with Gasteiger partial charge in [0.05, 0.1) is 25.2 Å². The van der Waals surface area contributed by atoms with E-state index in [0.29, 0.717) is 32.7 Å². The number of halogens is 1. The summed E-state index contributed by atoms with van der Waals surface area (Å²) in [6.07, 6.45) is 0.328. The van der Waals surface area contributed by atoms with Crippen LogP contribution in [0, 0.1) is 5.82 Å². The van der Waals surface area contributed by atoms with Crippen LogP contribution < -0.4 is 9.46 Å². The smallest absolute Gasteiger partial charge is 0.244 e. The molecule has 164 valence electrons. The molecule has 1 aliphatic rings. The van der Waals surface area contributed by atoms with Gasteiger partial charge >= 0.3 is 0 Å². The van der Waals surface area contributed by atoms with E-state index in [2.05, 4.69) is 4.72 Å². The molecule has 1 aliphatic heterocycles. The molecule has 1 saturated heterocycles. The van der Waals surface area contributed by atoms with E-state index < -0.39 is 25.9 Å². The van der Waals surface area contributed by atoms with E-state index in [1.807, 2.05) is 0 Å². The van der Waals surface area contributed by atoms with Crippen molar-refractivity contribution in [2.75, 3.05) is 40.0 Å². The molecule has 0 aromatic heterocycles. The third-order valence-electron chi connectivity index (χ3n) is 4.65. The maximum absolute atomic E-state index is 13.5. The molecular weight excluding hydrogens is 435 g/mol. The minimum Gasteiger partial charge on any atom is -0.495 e. The molecule has 0 unspecified atom stereocenters. The van der Waals surface area contributed by atoms with E-state index in [-0.39, 0.29) is 22.1 Å². The van der Waals surface area contributed by atoms with Crippen molar-refractivity contribution < 1.29 is 30.7 Å². The topological polar surface area (TPSA) is 102 Å². The van der Waals surface area contributed by atoms with Crippen LogP contribution in [0.5, 0.6) is 5.75 Å². The molecule has 0 saturated carbocycles. The lowest BCUT2D eigenvalue weighted by Gasteiger charge is -2.26. The number of benzene rings is 2. The van der Waals surface area contributed by atoms with Gasteiger partial charge in [0.15, 0.2) is 0 Å². The van der Waals surface area contributed by atoms with Gasteiger partial charge in [-0.3, -0.25) is 0 Å². The number of hydrogen-bond acceptors (Lipinski definition) is 6. The Kier molecular flexibility index (Phi) is 7.09. The fraction of sp³-hybridized carbons (Fsp3) is 0.368. The van der Waals surface area contributed by atoms with Crippen molar-refractivity contribution in [2.45, 2.75) is 16.2 Å². The maximum atomic E-state index is 13.5. The zero-order chi connectivity index (χ0) is 21.8. The van der Waals surface area contributed by atoms with Gasteiger partial charge < -0.3 is 9.47 Å². The third-order valence-corrected chi connectivity index (χ3v) is 8.05. The number of ether oxygens (including phenoxy) is 2. The first-order valence-corrected chi connectivity index (χ1v) is 12.2. The van der Waals surface area contributed by atoms with E-state index in [1.165, 1.54) is 29.6 Å². The highest BCUT2D eigenvalue weighted by atomic mass is 32.2. The summed E-state index contributed by atoms with van der Waals surface area (Å²) in [5.41, 5.74) is 0.754. The first kappa shape index (κ1) is 22.6. The summed E-state index contributed by atoms with van der Waals surface area (Å²) < 4.78 is 77.6. The lowest BCUT2D eigenvalue weighted by molar-refractivity contribution is 0.0730. The number of methoxy groups -OCH3 is 1. The highest BCUT2D eigenvalue weighted by molar-refractivity contribution is 7.89. The van der Waals surface area contributed by atoms with E-state index in [1.54, 1.807) is 12.1 Å². The van der Waals surface area contributed by atoms with Crippen LogP contribution in [-0.2, 0) is 31.2 Å². The lowest BCUT2D eigenvalue weighted by atomic mass is 10.2. The van der Waals surface area contributed by atoms with Crippen molar-refractivity contribution in [3.63, 3.8) is 0 Å². The molecule has 0 radical (unpaired) electrons. The van der Waals surface area contributed by atoms with Crippen LogP contribution in [0.4, 0.5) is 4.39 Å². The highest BCUT2D eigenvalue weighted by Crippen LogP contribution is 2.24. The predicted molar refractivity (Wildman–Crippen MR) is 108 cm³/mol. The second-order valence-corrected chi connectivity index (χ2v) is 10.3. The van der Waals surface area contributed by atoms with Crippen LogP contribution in [0.3, 0.4) is 0 Å². The molecule has 11 heteroatoms. The minimum absolute atomic E-state index is 0.0431. The van der Waals surface area contributed by atoms with Crippen molar-refractivity contribution in [3.8, 4) is 5.75 Å². The second-order valence-electron chi connectivity index (χ2n) is 6.60. The van der Waals surface area contributed by atoms with Crippen LogP contribution >= 0.6 is 0 Å². The SMILES string of the molecule is COc1ccc(F)cc1S(=O)(=O)NCCc1ccc(S(=O)(=O)N2CCOCC2)cc1. The van der Waals surface area contributed by atoms with Crippen molar-refractivity contribution in [2.24, 2.45) is 0 Å². The molecular formula is C19H23FN2O6S2. The molecule has 2 aromatic carbocycles. The average molecular weight is 459 g/mol. The highest BCUT2D eigenvalue weighted by Gasteiger charge is 2.26. The zero-order valence-corrected chi connectivity index (χ0v) is 18.0. The molecule has 1 N–H and O–H groups in total. The Labute approximate surface area is 175 Å². The lowest BCUT2D eigenvalue weighted by Crippen LogP contribution is -2.40. The van der Waals surface area contributed by atoms with Gasteiger partial charge in [0.1, 0.15) is 16.5 Å². The summed E-state index contributed by atoms with van der Waals surface area (Å²) in [6.45, 7) is 1.42. The molecule has 0 bridgehead atoms. The molecule has 0 aliphatic carbocycles. The summed E-state index contributed by atoms with van der Waals surface area (Å²) in [4.78, 5) is -0.102. The van der Waals surface area contributed by atoms with Gasteiger partial charge in [-0.1, -0.05) is 12.1 Å². The molecule has 2 aromatic rings. The quantitative estimate of drug-likeness (QED) is 0.641. The van der Waals surface area contributed by atoms with Crippen molar-refractivity contribution in [1.29, 1.82) is 0 Å². The summed E-state index contributed by atoms with van der Waals surface area (Å²) in [5.74, 6) is -0.644. The zero-order valence-electron chi connectivity index (χ0n) is 16.4. The Bertz CT molecular complexity index is 1080. The summed E-state index contributed by atoms with van der Waals surface area (Å²) in [6, 6.07) is 9.55. The summed E-state index contributed by atoms with van der Waals surface area (Å²) in [7, 11) is -6.24. The molecule has 8 nitrogen and oxygen atoms in total. The fourth-order valence-corrected chi connectivity index (χ4v) is 5.65. The second kappa shape index (κ2) is 9.40. The number of sulfonamides is 2. The Morgan fingerprint density at radius 1 is 1.07 bits per heavy atom. The van der Waals surface area contributed by atoms with E-state index in [9.17, 15) is 21.2 Å². The molecule has 3 rings (SSSR count). The number of nitrogens with one attached hydrogen (secondary N) is 1. The van der Waals surface area contributed by atoms with Crippen LogP contribution in [-0.4, -0.2) is 61.1 Å². The predicted octanol–water partition coefficient (Wildman–Crippen LogP) is 1.38. The van der Waals surface area contributed by atoms with E-state index in [0.717, 1.165) is 17.7 Å². The standard InChI is InChI=1S/C19H23FN2O6S2/c1-27-18-7-4-16(20)14-19(18)29(23,24)21-9-8-15-2-5-17(6-3-15)30(25,26)22-10-12-28-13-11-22/h2-7,14,21H,8-13H2,1H3. The Morgan fingerprint density at radius 2 is 1.73 bits per heavy atom. The molecule has 30 heavy (non-hydrogen) atoms. The van der Waals surface area contributed by atoms with Crippen LogP contribution in [0.15, 0.2) is 52.3 Å². The minimum atomic E-state index is -3.97. The number of morpholine rings is 1. The third kappa shape index (κ3) is 5.16. The van der Waals surface area contributed by atoms with Gasteiger partial charge in [-0.15, -0.1) is 0 Å². The first-order valence-electron chi connectivity index (χ1n) is 9.24. The molecule has 0 amide bonds. The van der Waals surface area contributed by atoms with Crippen LogP contribution in [0.2, 0.25) is 0 Å². The number of hydrogen-bond donors (Lipinski definition) is 1. The Hall–Kier alpha value is -2.05. The van der Waals surface area contributed by atoms with Gasteiger partial charge in [0, 0.05) is 19.6 Å².